The summed E-state index contributed by atoms with van der Waals surface area (Å²) in [6.07, 6.45) is -4.75. The summed E-state index contributed by atoms with van der Waals surface area (Å²) in [4.78, 5) is 27.2. The van der Waals surface area contributed by atoms with Gasteiger partial charge in [0.1, 0.15) is 18.4 Å². The first-order valence-corrected chi connectivity index (χ1v) is 9.22. The van der Waals surface area contributed by atoms with Crippen molar-refractivity contribution >= 4 is 23.2 Å². The van der Waals surface area contributed by atoms with Crippen molar-refractivity contribution in [2.75, 3.05) is 13.2 Å². The maximum atomic E-state index is 12.6. The van der Waals surface area contributed by atoms with Crippen molar-refractivity contribution in [3.05, 3.63) is 52.2 Å². The molecule has 1 aromatic carbocycles. The molecule has 150 valence electrons. The first-order valence-electron chi connectivity index (χ1n) is 8.34. The van der Waals surface area contributed by atoms with Gasteiger partial charge in [-0.1, -0.05) is 18.2 Å². The monoisotopic (exact) mass is 414 g/mol. The number of carbonyl (C=O) groups excluding carboxylic acids is 2. The van der Waals surface area contributed by atoms with Crippen molar-refractivity contribution in [1.29, 1.82) is 0 Å². The first kappa shape index (κ1) is 20.2. The van der Waals surface area contributed by atoms with E-state index in [1.54, 1.807) is 0 Å². The summed E-state index contributed by atoms with van der Waals surface area (Å²) in [6, 6.07) is 8.17. The molecule has 2 heterocycles. The molecule has 1 aromatic heterocycles. The molecule has 3 rings (SSSR count). The molecule has 1 aliphatic rings. The van der Waals surface area contributed by atoms with Crippen LogP contribution in [0.25, 0.3) is 0 Å². The van der Waals surface area contributed by atoms with E-state index < -0.39 is 12.4 Å². The minimum absolute atomic E-state index is 0.0736. The van der Waals surface area contributed by atoms with Crippen LogP contribution < -0.4 is 10.1 Å². The van der Waals surface area contributed by atoms with E-state index in [4.69, 9.17) is 4.74 Å². The van der Waals surface area contributed by atoms with Crippen molar-refractivity contribution in [2.24, 2.45) is 0 Å². The van der Waals surface area contributed by atoms with Gasteiger partial charge in [-0.2, -0.15) is 0 Å². The number of halogens is 3. The number of benzene rings is 1. The first-order chi connectivity index (χ1) is 13.3. The highest BCUT2D eigenvalue weighted by atomic mass is 32.1. The van der Waals surface area contributed by atoms with Crippen LogP contribution in [0.4, 0.5) is 13.2 Å². The van der Waals surface area contributed by atoms with Crippen molar-refractivity contribution in [3.63, 3.8) is 0 Å². The van der Waals surface area contributed by atoms with E-state index in [1.807, 2.05) is 17.5 Å². The molecule has 10 heteroatoms. The number of ether oxygens (including phenoxy) is 2. The van der Waals surface area contributed by atoms with E-state index in [1.165, 1.54) is 40.5 Å². The molecule has 28 heavy (non-hydrogen) atoms. The third-order valence-electron chi connectivity index (χ3n) is 4.03. The highest BCUT2D eigenvalue weighted by Crippen LogP contribution is 2.23. The van der Waals surface area contributed by atoms with Crippen LogP contribution in [0.3, 0.4) is 0 Å². The van der Waals surface area contributed by atoms with E-state index >= 15 is 0 Å². The quantitative estimate of drug-likeness (QED) is 0.789. The number of morpholine rings is 1. The Hall–Kier alpha value is -2.59. The Bertz CT molecular complexity index is 809. The molecule has 0 radical (unpaired) electrons. The second-order valence-corrected chi connectivity index (χ2v) is 7.07. The minimum Gasteiger partial charge on any atom is -0.406 e. The molecular weight excluding hydrogens is 397 g/mol. The third-order valence-corrected chi connectivity index (χ3v) is 4.89. The maximum Gasteiger partial charge on any atom is 0.573 e. The van der Waals surface area contributed by atoms with Crippen LogP contribution in [0.1, 0.15) is 10.4 Å². The molecule has 2 aromatic rings. The summed E-state index contributed by atoms with van der Waals surface area (Å²) >= 11 is 1.49. The number of alkyl halides is 3. The van der Waals surface area contributed by atoms with Crippen LogP contribution in [0, 0.1) is 0 Å². The van der Waals surface area contributed by atoms with Gasteiger partial charge in [0, 0.05) is 11.4 Å². The fraction of sp³-hybridized carbons (Fsp3) is 0.333. The van der Waals surface area contributed by atoms with Crippen molar-refractivity contribution in [3.8, 4) is 5.75 Å². The molecule has 1 atom stereocenters. The predicted octanol–water partition coefficient (Wildman–Crippen LogP) is 2.69. The van der Waals surface area contributed by atoms with Gasteiger partial charge in [-0.05, 0) is 29.1 Å². The summed E-state index contributed by atoms with van der Waals surface area (Å²) in [7, 11) is 0. The average molecular weight is 414 g/mol. The molecule has 0 bridgehead atoms. The lowest BCUT2D eigenvalue weighted by Gasteiger charge is -2.34. The van der Waals surface area contributed by atoms with Gasteiger partial charge in [0.15, 0.2) is 0 Å². The molecule has 0 spiro atoms. The zero-order valence-corrected chi connectivity index (χ0v) is 15.4. The zero-order chi connectivity index (χ0) is 20.1. The highest BCUT2D eigenvalue weighted by Gasteiger charge is 2.34. The molecule has 2 amide bonds. The summed E-state index contributed by atoms with van der Waals surface area (Å²) in [5.41, 5.74) is 0.593. The van der Waals surface area contributed by atoms with Crippen LogP contribution in [0.2, 0.25) is 0 Å². The van der Waals surface area contributed by atoms with Gasteiger partial charge in [0.25, 0.3) is 0 Å². The molecule has 0 saturated carbocycles. The van der Waals surface area contributed by atoms with Gasteiger partial charge in [0.05, 0.1) is 13.2 Å². The van der Waals surface area contributed by atoms with Gasteiger partial charge in [-0.25, -0.2) is 0 Å². The number of hydrogen-bond donors (Lipinski definition) is 1. The van der Waals surface area contributed by atoms with Gasteiger partial charge in [-0.3, -0.25) is 9.59 Å². The van der Waals surface area contributed by atoms with Crippen molar-refractivity contribution in [2.45, 2.75) is 25.5 Å². The smallest absolute Gasteiger partial charge is 0.406 e. The van der Waals surface area contributed by atoms with E-state index in [0.29, 0.717) is 12.1 Å². The Kier molecular flexibility index (Phi) is 6.20. The van der Waals surface area contributed by atoms with Crippen LogP contribution in [0.5, 0.6) is 5.75 Å². The lowest BCUT2D eigenvalue weighted by molar-refractivity contribution is -0.274. The van der Waals surface area contributed by atoms with Crippen LogP contribution in [0.15, 0.2) is 41.8 Å². The Labute approximate surface area is 162 Å². The average Bonchev–Trinajstić information content (AvgIpc) is 3.14. The molecule has 1 fully saturated rings. The predicted molar refractivity (Wildman–Crippen MR) is 94.4 cm³/mol. The molecule has 1 saturated heterocycles. The number of hydrogen-bond acceptors (Lipinski definition) is 5. The number of nitrogens with zero attached hydrogens (tertiary/aromatic N) is 1. The standard InChI is InChI=1S/C18H17F3N2O4S/c19-18(20,21)27-13-5-3-12(4-6-13)8-22-17(25)15-10-26-11-16(24)23(15)9-14-2-1-7-28-14/h1-7,15H,8-11H2,(H,22,25). The Morgan fingerprint density at radius 3 is 2.68 bits per heavy atom. The normalized spacial score (nSPS) is 17.5. The second kappa shape index (κ2) is 8.61. The Morgan fingerprint density at radius 1 is 1.29 bits per heavy atom. The fourth-order valence-corrected chi connectivity index (χ4v) is 3.41. The van der Waals surface area contributed by atoms with Gasteiger partial charge in [-0.15, -0.1) is 24.5 Å². The molecule has 1 aliphatic heterocycles. The SMILES string of the molecule is O=C(NCc1ccc(OC(F)(F)F)cc1)C1COCC(=O)N1Cc1cccs1. The Morgan fingerprint density at radius 2 is 2.04 bits per heavy atom. The maximum absolute atomic E-state index is 12.6. The number of thiophene rings is 1. The van der Waals surface area contributed by atoms with E-state index in [9.17, 15) is 22.8 Å². The van der Waals surface area contributed by atoms with Gasteiger partial charge >= 0.3 is 6.36 Å². The van der Waals surface area contributed by atoms with Crippen molar-refractivity contribution in [1.82, 2.24) is 10.2 Å². The molecule has 0 aliphatic carbocycles. The van der Waals surface area contributed by atoms with E-state index in [2.05, 4.69) is 10.1 Å². The molecule has 1 N–H and O–H groups in total. The summed E-state index contributed by atoms with van der Waals surface area (Å²) < 4.78 is 45.6. The zero-order valence-electron chi connectivity index (χ0n) is 14.6. The largest absolute Gasteiger partial charge is 0.573 e. The molecule has 6 nitrogen and oxygen atoms in total. The minimum atomic E-state index is -4.75. The highest BCUT2D eigenvalue weighted by molar-refractivity contribution is 7.09. The third kappa shape index (κ3) is 5.46. The number of rotatable bonds is 6. The molecule has 1 unspecified atom stereocenters. The lowest BCUT2D eigenvalue weighted by Crippen LogP contribution is -2.55. The summed E-state index contributed by atoms with van der Waals surface area (Å²) in [5.74, 6) is -0.996. The van der Waals surface area contributed by atoms with Crippen LogP contribution >= 0.6 is 11.3 Å². The lowest BCUT2D eigenvalue weighted by atomic mass is 10.1. The number of carbonyl (C=O) groups is 2. The van der Waals surface area contributed by atoms with Crippen molar-refractivity contribution < 1.29 is 32.2 Å². The topological polar surface area (TPSA) is 67.9 Å². The van der Waals surface area contributed by atoms with E-state index in [-0.39, 0.29) is 37.3 Å². The number of amides is 2. The van der Waals surface area contributed by atoms with Crippen LogP contribution in [-0.2, 0) is 27.4 Å². The molecular formula is C18H17F3N2O4S. The second-order valence-electron chi connectivity index (χ2n) is 6.04. The summed E-state index contributed by atoms with van der Waals surface area (Å²) in [6.45, 7) is 0.432. The summed E-state index contributed by atoms with van der Waals surface area (Å²) in [5, 5.41) is 4.58. The van der Waals surface area contributed by atoms with Gasteiger partial charge < -0.3 is 19.7 Å². The Balaban J connectivity index is 1.58. The van der Waals surface area contributed by atoms with E-state index in [0.717, 1.165) is 4.88 Å². The van der Waals surface area contributed by atoms with Crippen LogP contribution in [-0.4, -0.2) is 42.3 Å². The van der Waals surface area contributed by atoms with Gasteiger partial charge in [0.2, 0.25) is 11.8 Å². The number of nitrogens with one attached hydrogen (secondary N) is 1. The fourth-order valence-electron chi connectivity index (χ4n) is 2.71.